The third-order valence-electron chi connectivity index (χ3n) is 3.37. The monoisotopic (exact) mass is 229 g/mol. The van der Waals surface area contributed by atoms with Gasteiger partial charge in [-0.1, -0.05) is 0 Å². The fourth-order valence-electron chi connectivity index (χ4n) is 2.29. The summed E-state index contributed by atoms with van der Waals surface area (Å²) in [5.74, 6) is 0.329. The smallest absolute Gasteiger partial charge is 0.227 e. The molecule has 1 aliphatic heterocycles. The number of hydrogen-bond acceptors (Lipinski definition) is 3. The summed E-state index contributed by atoms with van der Waals surface area (Å²) in [6, 6.07) is 9.27. The largest absolute Gasteiger partial charge is 0.330 e. The number of nitrogens with two attached hydrogens (primary N) is 1. The Morgan fingerprint density at radius 2 is 2.12 bits per heavy atom. The lowest BCUT2D eigenvalue weighted by molar-refractivity contribution is -0.117. The molecule has 0 saturated carbocycles. The van der Waals surface area contributed by atoms with Crippen LogP contribution in [0.4, 0.5) is 5.69 Å². The van der Waals surface area contributed by atoms with Gasteiger partial charge in [-0.2, -0.15) is 5.26 Å². The average Bonchev–Trinajstić information content (AvgIpc) is 2.64. The van der Waals surface area contributed by atoms with Gasteiger partial charge in [0.25, 0.3) is 0 Å². The van der Waals surface area contributed by atoms with Crippen LogP contribution in [0.15, 0.2) is 24.3 Å². The van der Waals surface area contributed by atoms with E-state index in [2.05, 4.69) is 6.07 Å². The minimum Gasteiger partial charge on any atom is -0.330 e. The van der Waals surface area contributed by atoms with Crippen LogP contribution in [0.2, 0.25) is 0 Å². The Bertz CT molecular complexity index is 461. The van der Waals surface area contributed by atoms with Crippen LogP contribution in [-0.4, -0.2) is 18.5 Å². The van der Waals surface area contributed by atoms with Crippen LogP contribution >= 0.6 is 0 Å². The summed E-state index contributed by atoms with van der Waals surface area (Å²) in [6.45, 7) is 2.54. The van der Waals surface area contributed by atoms with Crippen molar-refractivity contribution < 1.29 is 4.79 Å². The first-order valence-electron chi connectivity index (χ1n) is 5.69. The molecule has 1 aromatic rings. The molecule has 1 amide bonds. The Morgan fingerprint density at radius 1 is 1.47 bits per heavy atom. The number of hydrogen-bond donors (Lipinski definition) is 1. The highest BCUT2D eigenvalue weighted by atomic mass is 16.2. The molecule has 0 bridgehead atoms. The zero-order valence-electron chi connectivity index (χ0n) is 9.76. The van der Waals surface area contributed by atoms with Crippen molar-refractivity contribution in [3.63, 3.8) is 0 Å². The number of amides is 1. The maximum absolute atomic E-state index is 11.9. The van der Waals surface area contributed by atoms with Gasteiger partial charge >= 0.3 is 0 Å². The number of rotatable bonds is 2. The van der Waals surface area contributed by atoms with E-state index in [0.717, 1.165) is 5.69 Å². The van der Waals surface area contributed by atoms with E-state index >= 15 is 0 Å². The Balaban J connectivity index is 2.27. The maximum Gasteiger partial charge on any atom is 0.227 e. The molecular formula is C13H15N3O. The van der Waals surface area contributed by atoms with Gasteiger partial charge in [-0.3, -0.25) is 4.79 Å². The standard InChI is InChI=1S/C13H15N3O/c1-9-11(8-15)6-13(17)16(9)12-4-2-10(7-14)3-5-12/h2-5,9,11H,6,8,15H2,1H3. The summed E-state index contributed by atoms with van der Waals surface area (Å²) in [7, 11) is 0. The highest BCUT2D eigenvalue weighted by Crippen LogP contribution is 2.30. The predicted molar refractivity (Wildman–Crippen MR) is 65.3 cm³/mol. The van der Waals surface area contributed by atoms with Crippen molar-refractivity contribution in [1.82, 2.24) is 0 Å². The molecule has 4 heteroatoms. The molecule has 17 heavy (non-hydrogen) atoms. The van der Waals surface area contributed by atoms with Gasteiger partial charge in [0.1, 0.15) is 0 Å². The second kappa shape index (κ2) is 4.56. The highest BCUT2D eigenvalue weighted by molar-refractivity contribution is 5.96. The molecule has 4 nitrogen and oxygen atoms in total. The van der Waals surface area contributed by atoms with Crippen molar-refractivity contribution in [3.8, 4) is 6.07 Å². The summed E-state index contributed by atoms with van der Waals surface area (Å²) >= 11 is 0. The first-order valence-corrected chi connectivity index (χ1v) is 5.69. The van der Waals surface area contributed by atoms with Crippen LogP contribution in [0.3, 0.4) is 0 Å². The first-order chi connectivity index (χ1) is 8.17. The van der Waals surface area contributed by atoms with E-state index in [0.29, 0.717) is 18.5 Å². The van der Waals surface area contributed by atoms with Gasteiger partial charge in [0.15, 0.2) is 0 Å². The molecule has 0 spiro atoms. The molecule has 0 aromatic heterocycles. The minimum atomic E-state index is 0.109. The Kier molecular flexibility index (Phi) is 3.12. The number of nitrogens with zero attached hydrogens (tertiary/aromatic N) is 2. The van der Waals surface area contributed by atoms with Gasteiger partial charge in [-0.25, -0.2) is 0 Å². The Hall–Kier alpha value is -1.86. The van der Waals surface area contributed by atoms with Crippen LogP contribution in [0.5, 0.6) is 0 Å². The van der Waals surface area contributed by atoms with Gasteiger partial charge in [-0.15, -0.1) is 0 Å². The van der Waals surface area contributed by atoms with Crippen molar-refractivity contribution in [2.75, 3.05) is 11.4 Å². The quantitative estimate of drug-likeness (QED) is 0.829. The van der Waals surface area contributed by atoms with Crippen molar-refractivity contribution >= 4 is 11.6 Å². The zero-order chi connectivity index (χ0) is 12.4. The molecule has 2 atom stereocenters. The fourth-order valence-corrected chi connectivity index (χ4v) is 2.29. The lowest BCUT2D eigenvalue weighted by atomic mass is 10.0. The number of nitriles is 1. The lowest BCUT2D eigenvalue weighted by Gasteiger charge is -2.24. The average molecular weight is 229 g/mol. The second-order valence-corrected chi connectivity index (χ2v) is 4.36. The normalized spacial score (nSPS) is 23.8. The summed E-state index contributed by atoms with van der Waals surface area (Å²) in [6.07, 6.45) is 0.512. The minimum absolute atomic E-state index is 0.109. The van der Waals surface area contributed by atoms with E-state index in [1.165, 1.54) is 0 Å². The van der Waals surface area contributed by atoms with Crippen molar-refractivity contribution in [3.05, 3.63) is 29.8 Å². The summed E-state index contributed by atoms with van der Waals surface area (Å²) in [5.41, 5.74) is 7.10. The van der Waals surface area contributed by atoms with E-state index in [-0.39, 0.29) is 17.9 Å². The van der Waals surface area contributed by atoms with Crippen molar-refractivity contribution in [1.29, 1.82) is 5.26 Å². The molecule has 1 aliphatic rings. The van der Waals surface area contributed by atoms with Crippen LogP contribution in [-0.2, 0) is 4.79 Å². The molecule has 1 heterocycles. The molecule has 2 rings (SSSR count). The molecular weight excluding hydrogens is 214 g/mol. The van der Waals surface area contributed by atoms with Gasteiger partial charge in [-0.05, 0) is 37.7 Å². The molecule has 1 fully saturated rings. The van der Waals surface area contributed by atoms with Crippen molar-refractivity contribution in [2.45, 2.75) is 19.4 Å². The third-order valence-corrected chi connectivity index (χ3v) is 3.37. The van der Waals surface area contributed by atoms with Gasteiger partial charge in [0.05, 0.1) is 11.6 Å². The Labute approximate surface area is 101 Å². The number of benzene rings is 1. The van der Waals surface area contributed by atoms with Gasteiger partial charge in [0.2, 0.25) is 5.91 Å². The highest BCUT2D eigenvalue weighted by Gasteiger charge is 2.36. The zero-order valence-corrected chi connectivity index (χ0v) is 9.76. The van der Waals surface area contributed by atoms with E-state index in [1.807, 2.05) is 19.1 Å². The van der Waals surface area contributed by atoms with Crippen LogP contribution in [0.25, 0.3) is 0 Å². The van der Waals surface area contributed by atoms with E-state index in [1.54, 1.807) is 17.0 Å². The molecule has 2 unspecified atom stereocenters. The molecule has 0 radical (unpaired) electrons. The van der Waals surface area contributed by atoms with Crippen LogP contribution in [0, 0.1) is 17.2 Å². The van der Waals surface area contributed by atoms with Crippen molar-refractivity contribution in [2.24, 2.45) is 11.7 Å². The van der Waals surface area contributed by atoms with E-state index in [9.17, 15) is 4.79 Å². The number of carbonyl (C=O) groups is 1. The SMILES string of the molecule is CC1C(CN)CC(=O)N1c1ccc(C#N)cc1. The molecule has 88 valence electrons. The van der Waals surface area contributed by atoms with Crippen LogP contribution < -0.4 is 10.6 Å². The maximum atomic E-state index is 11.9. The lowest BCUT2D eigenvalue weighted by Crippen LogP contribution is -2.34. The first kappa shape index (κ1) is 11.6. The van der Waals surface area contributed by atoms with E-state index < -0.39 is 0 Å². The third kappa shape index (κ3) is 2.02. The van der Waals surface area contributed by atoms with Crippen LogP contribution in [0.1, 0.15) is 18.9 Å². The summed E-state index contributed by atoms with van der Waals surface area (Å²) in [4.78, 5) is 13.7. The molecule has 1 aromatic carbocycles. The van der Waals surface area contributed by atoms with Gasteiger partial charge < -0.3 is 10.6 Å². The second-order valence-electron chi connectivity index (χ2n) is 4.36. The summed E-state index contributed by atoms with van der Waals surface area (Å²) in [5, 5.41) is 8.73. The fraction of sp³-hybridized carbons (Fsp3) is 0.385. The number of anilines is 1. The Morgan fingerprint density at radius 3 is 2.59 bits per heavy atom. The molecule has 0 aliphatic carbocycles. The van der Waals surface area contributed by atoms with E-state index in [4.69, 9.17) is 11.0 Å². The topological polar surface area (TPSA) is 70.1 Å². The molecule has 2 N–H and O–H groups in total. The predicted octanol–water partition coefficient (Wildman–Crippen LogP) is 1.26. The van der Waals surface area contributed by atoms with Gasteiger partial charge in [0, 0.05) is 24.1 Å². The number of carbonyl (C=O) groups excluding carboxylic acids is 1. The molecule has 1 saturated heterocycles. The summed E-state index contributed by atoms with van der Waals surface area (Å²) < 4.78 is 0.